The molecule has 2 rings (SSSR count). The molecule has 0 aliphatic rings. The van der Waals surface area contributed by atoms with Gasteiger partial charge in [0.15, 0.2) is 9.84 Å². The highest BCUT2D eigenvalue weighted by atomic mass is 32.2. The normalized spacial score (nSPS) is 12.1. The molecule has 0 aliphatic heterocycles. The van der Waals surface area contributed by atoms with Gasteiger partial charge in [-0.3, -0.25) is 0 Å². The van der Waals surface area contributed by atoms with Crippen LogP contribution in [0.4, 0.5) is 0 Å². The van der Waals surface area contributed by atoms with Gasteiger partial charge >= 0.3 is 0 Å². The van der Waals surface area contributed by atoms with Crippen LogP contribution in [-0.2, 0) is 22.9 Å². The molecular formula is C16H24N2O2S. The lowest BCUT2D eigenvalue weighted by Gasteiger charge is -2.08. The molecule has 21 heavy (non-hydrogen) atoms. The van der Waals surface area contributed by atoms with Gasteiger partial charge in [0.1, 0.15) is 0 Å². The van der Waals surface area contributed by atoms with E-state index in [2.05, 4.69) is 30.4 Å². The van der Waals surface area contributed by atoms with E-state index in [0.29, 0.717) is 13.0 Å². The number of aryl methyl sites for hydroxylation is 1. The second kappa shape index (κ2) is 7.09. The van der Waals surface area contributed by atoms with Crippen molar-refractivity contribution in [2.75, 3.05) is 18.1 Å². The molecule has 0 bridgehead atoms. The van der Waals surface area contributed by atoms with Crippen LogP contribution in [0.25, 0.3) is 10.9 Å². The van der Waals surface area contributed by atoms with E-state index in [1.807, 2.05) is 23.8 Å². The maximum absolute atomic E-state index is 11.8. The lowest BCUT2D eigenvalue weighted by atomic mass is 10.1. The van der Waals surface area contributed by atoms with Crippen LogP contribution in [0.2, 0.25) is 0 Å². The highest BCUT2D eigenvalue weighted by Crippen LogP contribution is 2.20. The van der Waals surface area contributed by atoms with Crippen molar-refractivity contribution < 1.29 is 8.42 Å². The Morgan fingerprint density at radius 3 is 2.67 bits per heavy atom. The average molecular weight is 308 g/mol. The number of hydrogen-bond acceptors (Lipinski definition) is 3. The van der Waals surface area contributed by atoms with Gasteiger partial charge < -0.3 is 9.88 Å². The van der Waals surface area contributed by atoms with Crippen molar-refractivity contribution in [3.63, 3.8) is 0 Å². The Hall–Kier alpha value is -1.33. The number of sulfone groups is 1. The topological polar surface area (TPSA) is 51.1 Å². The predicted octanol–water partition coefficient (Wildman–Crippen LogP) is 2.58. The number of nitrogens with zero attached hydrogens (tertiary/aromatic N) is 1. The third-order valence-corrected chi connectivity index (χ3v) is 5.46. The van der Waals surface area contributed by atoms with Gasteiger partial charge in [0, 0.05) is 35.9 Å². The molecule has 0 saturated heterocycles. The monoisotopic (exact) mass is 308 g/mol. The van der Waals surface area contributed by atoms with E-state index in [0.717, 1.165) is 18.6 Å². The zero-order valence-electron chi connectivity index (χ0n) is 12.8. The molecule has 4 nitrogen and oxygen atoms in total. The Morgan fingerprint density at radius 2 is 1.95 bits per heavy atom. The van der Waals surface area contributed by atoms with Gasteiger partial charge in [-0.1, -0.05) is 26.0 Å². The zero-order valence-corrected chi connectivity index (χ0v) is 13.6. The lowest BCUT2D eigenvalue weighted by molar-refractivity contribution is 0.588. The van der Waals surface area contributed by atoms with E-state index in [4.69, 9.17) is 0 Å². The molecule has 1 aromatic carbocycles. The summed E-state index contributed by atoms with van der Waals surface area (Å²) in [5.74, 6) is 0.486. The van der Waals surface area contributed by atoms with Crippen LogP contribution in [0.3, 0.4) is 0 Å². The van der Waals surface area contributed by atoms with E-state index in [9.17, 15) is 8.42 Å². The lowest BCUT2D eigenvalue weighted by Crippen LogP contribution is -2.15. The summed E-state index contributed by atoms with van der Waals surface area (Å²) in [4.78, 5) is 0. The standard InChI is InChI=1S/C16H24N2O2S/c1-3-11-21(19,20)12-10-18-9-8-15-14(13-17-4-2)6-5-7-16(15)18/h5-9,17H,3-4,10-13H2,1-2H3. The fourth-order valence-corrected chi connectivity index (χ4v) is 3.85. The van der Waals surface area contributed by atoms with Crippen LogP contribution >= 0.6 is 0 Å². The number of aromatic nitrogens is 1. The van der Waals surface area contributed by atoms with E-state index in [1.54, 1.807) is 0 Å². The van der Waals surface area contributed by atoms with Gasteiger partial charge in [0.05, 0.1) is 5.75 Å². The largest absolute Gasteiger partial charge is 0.346 e. The molecule has 0 amide bonds. The maximum atomic E-state index is 11.8. The minimum Gasteiger partial charge on any atom is -0.346 e. The van der Waals surface area contributed by atoms with Gasteiger partial charge in [-0.2, -0.15) is 0 Å². The molecule has 0 saturated carbocycles. The quantitative estimate of drug-likeness (QED) is 0.815. The van der Waals surface area contributed by atoms with Crippen LogP contribution in [0.5, 0.6) is 0 Å². The molecule has 0 fully saturated rings. The summed E-state index contributed by atoms with van der Waals surface area (Å²) in [6, 6.07) is 8.28. The minimum atomic E-state index is -2.93. The first-order valence-corrected chi connectivity index (χ1v) is 9.37. The van der Waals surface area contributed by atoms with Gasteiger partial charge in [-0.25, -0.2) is 8.42 Å². The highest BCUT2D eigenvalue weighted by Gasteiger charge is 2.11. The van der Waals surface area contributed by atoms with Crippen LogP contribution in [0.1, 0.15) is 25.8 Å². The number of hydrogen-bond donors (Lipinski definition) is 1. The maximum Gasteiger partial charge on any atom is 0.152 e. The molecule has 0 radical (unpaired) electrons. The molecule has 0 atom stereocenters. The van der Waals surface area contributed by atoms with Crippen LogP contribution in [-0.4, -0.2) is 31.0 Å². The van der Waals surface area contributed by atoms with E-state index >= 15 is 0 Å². The van der Waals surface area contributed by atoms with Crippen molar-refractivity contribution in [1.29, 1.82) is 0 Å². The van der Waals surface area contributed by atoms with Crippen molar-refractivity contribution in [2.45, 2.75) is 33.4 Å². The van der Waals surface area contributed by atoms with Gasteiger partial charge in [-0.05, 0) is 30.7 Å². The summed E-state index contributed by atoms with van der Waals surface area (Å²) in [6.07, 6.45) is 2.67. The van der Waals surface area contributed by atoms with Gasteiger partial charge in [0.25, 0.3) is 0 Å². The van der Waals surface area contributed by atoms with Gasteiger partial charge in [-0.15, -0.1) is 0 Å². The third-order valence-electron chi connectivity index (χ3n) is 3.63. The highest BCUT2D eigenvalue weighted by molar-refractivity contribution is 7.91. The van der Waals surface area contributed by atoms with Crippen LogP contribution in [0, 0.1) is 0 Å². The van der Waals surface area contributed by atoms with Crippen LogP contribution < -0.4 is 5.32 Å². The summed E-state index contributed by atoms with van der Waals surface area (Å²) in [7, 11) is -2.93. The Balaban J connectivity index is 2.18. The molecule has 0 unspecified atom stereocenters. The van der Waals surface area contributed by atoms with E-state index in [-0.39, 0.29) is 11.5 Å². The first-order chi connectivity index (χ1) is 10.1. The Labute approximate surface area is 127 Å². The molecule has 0 spiro atoms. The zero-order chi connectivity index (χ0) is 15.3. The number of rotatable bonds is 8. The number of benzene rings is 1. The smallest absolute Gasteiger partial charge is 0.152 e. The molecule has 1 N–H and O–H groups in total. The average Bonchev–Trinajstić information content (AvgIpc) is 2.87. The predicted molar refractivity (Wildman–Crippen MR) is 88.3 cm³/mol. The third kappa shape index (κ3) is 4.08. The Morgan fingerprint density at radius 1 is 1.14 bits per heavy atom. The summed E-state index contributed by atoms with van der Waals surface area (Å²) >= 11 is 0. The number of fused-ring (bicyclic) bond motifs is 1. The summed E-state index contributed by atoms with van der Waals surface area (Å²) in [5, 5.41) is 4.53. The number of nitrogens with one attached hydrogen (secondary N) is 1. The molecule has 0 aliphatic carbocycles. The summed E-state index contributed by atoms with van der Waals surface area (Å²) < 4.78 is 25.7. The molecule has 5 heteroatoms. The van der Waals surface area contributed by atoms with E-state index in [1.165, 1.54) is 10.9 Å². The van der Waals surface area contributed by atoms with Crippen molar-refractivity contribution in [3.05, 3.63) is 36.0 Å². The second-order valence-corrected chi connectivity index (χ2v) is 7.59. The van der Waals surface area contributed by atoms with Crippen molar-refractivity contribution in [1.82, 2.24) is 9.88 Å². The fourth-order valence-electron chi connectivity index (χ4n) is 2.55. The molecule has 116 valence electrons. The second-order valence-electron chi connectivity index (χ2n) is 5.29. The van der Waals surface area contributed by atoms with Crippen molar-refractivity contribution in [3.8, 4) is 0 Å². The minimum absolute atomic E-state index is 0.210. The molecular weight excluding hydrogens is 284 g/mol. The first kappa shape index (κ1) is 16.0. The Kier molecular flexibility index (Phi) is 5.42. The summed E-state index contributed by atoms with van der Waals surface area (Å²) in [5.41, 5.74) is 2.36. The van der Waals surface area contributed by atoms with E-state index < -0.39 is 9.84 Å². The molecule has 1 heterocycles. The van der Waals surface area contributed by atoms with Gasteiger partial charge in [0.2, 0.25) is 0 Å². The van der Waals surface area contributed by atoms with Crippen molar-refractivity contribution in [2.24, 2.45) is 0 Å². The van der Waals surface area contributed by atoms with Crippen molar-refractivity contribution >= 4 is 20.7 Å². The fraction of sp³-hybridized carbons (Fsp3) is 0.500. The SMILES string of the molecule is CCCS(=O)(=O)CCn1ccc2c(CNCC)cccc21. The molecule has 2 aromatic rings. The Bertz CT molecular complexity index is 689. The first-order valence-electron chi connectivity index (χ1n) is 7.55. The van der Waals surface area contributed by atoms with Crippen LogP contribution in [0.15, 0.2) is 30.5 Å². The summed E-state index contributed by atoms with van der Waals surface area (Å²) in [6.45, 7) is 6.29. The molecule has 1 aromatic heterocycles.